The number of imidazole rings is 1. The maximum absolute atomic E-state index is 13.8. The van der Waals surface area contributed by atoms with Crippen LogP contribution in [0.1, 0.15) is 30.9 Å². The quantitative estimate of drug-likeness (QED) is 0.643. The van der Waals surface area contributed by atoms with E-state index in [1.54, 1.807) is 4.57 Å². The predicted octanol–water partition coefficient (Wildman–Crippen LogP) is 0.964. The summed E-state index contributed by atoms with van der Waals surface area (Å²) in [6, 6.07) is 7.49. The van der Waals surface area contributed by atoms with Crippen LogP contribution < -0.4 is 5.32 Å². The van der Waals surface area contributed by atoms with E-state index in [2.05, 4.69) is 24.1 Å². The molecule has 2 N–H and O–H groups in total. The maximum atomic E-state index is 13.8. The SMILES string of the molecule is CC(C)CN(C(=O)c1nc2ccccc2n1CCO)[C@@H]1CNCC(C(=O)N2CCOCC2)C1. The van der Waals surface area contributed by atoms with E-state index in [4.69, 9.17) is 4.74 Å². The van der Waals surface area contributed by atoms with Crippen molar-refractivity contribution in [3.05, 3.63) is 30.1 Å². The standard InChI is InChI=1S/C24H35N5O4/c1-17(2)16-29(19-13-18(14-25-15-19)23(31)27-8-11-33-12-9-27)24(32)22-26-20-5-3-4-6-21(20)28(22)7-10-30/h3-6,17-19,25,30H,7-16H2,1-2H3/t18?,19-/m0/s1. The molecule has 9 nitrogen and oxygen atoms in total. The van der Waals surface area contributed by atoms with Gasteiger partial charge in [-0.15, -0.1) is 0 Å². The Bertz CT molecular complexity index is 969. The number of piperidine rings is 1. The molecule has 1 aromatic heterocycles. The third-order valence-corrected chi connectivity index (χ3v) is 6.43. The number of carbonyl (C=O) groups excluding carboxylic acids is 2. The van der Waals surface area contributed by atoms with Gasteiger partial charge in [0, 0.05) is 45.3 Å². The summed E-state index contributed by atoms with van der Waals surface area (Å²) in [7, 11) is 0. The summed E-state index contributed by atoms with van der Waals surface area (Å²) in [5, 5.41) is 13.0. The van der Waals surface area contributed by atoms with Gasteiger partial charge in [0.2, 0.25) is 5.91 Å². The van der Waals surface area contributed by atoms with Gasteiger partial charge in [-0.25, -0.2) is 4.98 Å². The molecule has 2 saturated heterocycles. The van der Waals surface area contributed by atoms with Crippen LogP contribution in [0.15, 0.2) is 24.3 Å². The Morgan fingerprint density at radius 1 is 1.24 bits per heavy atom. The van der Waals surface area contributed by atoms with Crippen LogP contribution in [-0.2, 0) is 16.1 Å². The molecule has 1 unspecified atom stereocenters. The van der Waals surface area contributed by atoms with Gasteiger partial charge in [-0.1, -0.05) is 26.0 Å². The van der Waals surface area contributed by atoms with Gasteiger partial charge in [-0.2, -0.15) is 0 Å². The molecule has 2 aliphatic rings. The number of hydrogen-bond acceptors (Lipinski definition) is 6. The van der Waals surface area contributed by atoms with Crippen molar-refractivity contribution in [2.24, 2.45) is 11.8 Å². The molecule has 0 bridgehead atoms. The number of ether oxygens (including phenoxy) is 1. The number of nitrogens with one attached hydrogen (secondary N) is 1. The third-order valence-electron chi connectivity index (χ3n) is 6.43. The Balaban J connectivity index is 1.59. The second-order valence-corrected chi connectivity index (χ2v) is 9.33. The zero-order chi connectivity index (χ0) is 23.4. The van der Waals surface area contributed by atoms with Crippen LogP contribution in [-0.4, -0.2) is 94.9 Å². The molecule has 9 heteroatoms. The first-order chi connectivity index (χ1) is 16.0. The van der Waals surface area contributed by atoms with E-state index in [1.165, 1.54) is 0 Å². The molecule has 0 radical (unpaired) electrons. The lowest BCUT2D eigenvalue weighted by Gasteiger charge is -2.40. The Hall–Kier alpha value is -2.49. The summed E-state index contributed by atoms with van der Waals surface area (Å²) in [4.78, 5) is 35.4. The fourth-order valence-electron chi connectivity index (χ4n) is 4.87. The number of para-hydroxylation sites is 2. The van der Waals surface area contributed by atoms with E-state index in [-0.39, 0.29) is 36.3 Å². The first kappa shape index (κ1) is 23.7. The largest absolute Gasteiger partial charge is 0.395 e. The van der Waals surface area contributed by atoms with Crippen molar-refractivity contribution in [1.29, 1.82) is 0 Å². The zero-order valence-corrected chi connectivity index (χ0v) is 19.6. The van der Waals surface area contributed by atoms with Crippen LogP contribution in [0.5, 0.6) is 0 Å². The smallest absolute Gasteiger partial charge is 0.290 e. The van der Waals surface area contributed by atoms with Gasteiger partial charge >= 0.3 is 0 Å². The number of aliphatic hydroxyl groups excluding tert-OH is 1. The highest BCUT2D eigenvalue weighted by atomic mass is 16.5. The average Bonchev–Trinajstić information content (AvgIpc) is 3.21. The second kappa shape index (κ2) is 10.6. The summed E-state index contributed by atoms with van der Waals surface area (Å²) in [5.41, 5.74) is 1.57. The monoisotopic (exact) mass is 457 g/mol. The fourth-order valence-corrected chi connectivity index (χ4v) is 4.87. The first-order valence-corrected chi connectivity index (χ1v) is 11.9. The van der Waals surface area contributed by atoms with Gasteiger partial charge in [0.1, 0.15) is 0 Å². The van der Waals surface area contributed by atoms with E-state index in [0.29, 0.717) is 64.7 Å². The van der Waals surface area contributed by atoms with Crippen LogP contribution in [0.25, 0.3) is 11.0 Å². The molecule has 2 amide bonds. The van der Waals surface area contributed by atoms with Gasteiger partial charge < -0.3 is 29.5 Å². The summed E-state index contributed by atoms with van der Waals surface area (Å²) in [6.07, 6.45) is 0.627. The Morgan fingerprint density at radius 2 is 2.00 bits per heavy atom. The highest BCUT2D eigenvalue weighted by molar-refractivity contribution is 5.95. The molecule has 3 heterocycles. The third kappa shape index (κ3) is 5.20. The zero-order valence-electron chi connectivity index (χ0n) is 19.6. The minimum Gasteiger partial charge on any atom is -0.395 e. The van der Waals surface area contributed by atoms with E-state index < -0.39 is 0 Å². The van der Waals surface area contributed by atoms with Crippen LogP contribution >= 0.6 is 0 Å². The predicted molar refractivity (Wildman–Crippen MR) is 125 cm³/mol. The summed E-state index contributed by atoms with van der Waals surface area (Å²) >= 11 is 0. The molecule has 180 valence electrons. The van der Waals surface area contributed by atoms with Crippen molar-refractivity contribution in [2.75, 3.05) is 52.5 Å². The minimum absolute atomic E-state index is 0.0775. The van der Waals surface area contributed by atoms with E-state index in [1.807, 2.05) is 34.1 Å². The van der Waals surface area contributed by atoms with Gasteiger partial charge in [-0.05, 0) is 24.5 Å². The molecule has 33 heavy (non-hydrogen) atoms. The Labute approximate surface area is 194 Å². The number of hydrogen-bond donors (Lipinski definition) is 2. The lowest BCUT2D eigenvalue weighted by atomic mass is 9.92. The van der Waals surface area contributed by atoms with Crippen molar-refractivity contribution >= 4 is 22.8 Å². The normalized spacial score (nSPS) is 21.5. The number of fused-ring (bicyclic) bond motifs is 1. The number of rotatable bonds is 7. The Kier molecular flexibility index (Phi) is 7.62. The number of nitrogens with zero attached hydrogens (tertiary/aromatic N) is 4. The van der Waals surface area contributed by atoms with Crippen LogP contribution in [0.2, 0.25) is 0 Å². The number of aliphatic hydroxyl groups is 1. The molecular formula is C24H35N5O4. The van der Waals surface area contributed by atoms with Gasteiger partial charge in [0.15, 0.2) is 5.82 Å². The van der Waals surface area contributed by atoms with Gasteiger partial charge in [0.25, 0.3) is 5.91 Å². The van der Waals surface area contributed by atoms with E-state index in [0.717, 1.165) is 11.0 Å². The molecule has 2 aliphatic heterocycles. The van der Waals surface area contributed by atoms with Crippen LogP contribution in [0, 0.1) is 11.8 Å². The highest BCUT2D eigenvalue weighted by Crippen LogP contribution is 2.24. The lowest BCUT2D eigenvalue weighted by Crippen LogP contribution is -2.56. The molecule has 0 saturated carbocycles. The summed E-state index contributed by atoms with van der Waals surface area (Å²) in [5.74, 6) is 0.424. The van der Waals surface area contributed by atoms with Crippen molar-refractivity contribution in [3.63, 3.8) is 0 Å². The molecule has 2 atom stereocenters. The first-order valence-electron chi connectivity index (χ1n) is 11.9. The number of carbonyl (C=O) groups is 2. The van der Waals surface area contributed by atoms with Gasteiger partial charge in [-0.3, -0.25) is 9.59 Å². The maximum Gasteiger partial charge on any atom is 0.290 e. The molecule has 2 fully saturated rings. The number of amides is 2. The summed E-state index contributed by atoms with van der Waals surface area (Å²) < 4.78 is 7.19. The fraction of sp³-hybridized carbons (Fsp3) is 0.625. The van der Waals surface area contributed by atoms with Crippen molar-refractivity contribution in [2.45, 2.75) is 32.9 Å². The molecule has 1 aromatic carbocycles. The molecular weight excluding hydrogens is 422 g/mol. The van der Waals surface area contributed by atoms with Gasteiger partial charge in [0.05, 0.1) is 36.8 Å². The van der Waals surface area contributed by atoms with Crippen LogP contribution in [0.3, 0.4) is 0 Å². The molecule has 2 aromatic rings. The van der Waals surface area contributed by atoms with Crippen LogP contribution in [0.4, 0.5) is 0 Å². The number of aromatic nitrogens is 2. The topological polar surface area (TPSA) is 99.9 Å². The Morgan fingerprint density at radius 3 is 2.73 bits per heavy atom. The number of benzene rings is 1. The summed E-state index contributed by atoms with van der Waals surface area (Å²) in [6.45, 7) is 8.65. The number of morpholine rings is 1. The lowest BCUT2D eigenvalue weighted by molar-refractivity contribution is -0.140. The highest BCUT2D eigenvalue weighted by Gasteiger charge is 2.36. The van der Waals surface area contributed by atoms with E-state index >= 15 is 0 Å². The molecule has 4 rings (SSSR count). The van der Waals surface area contributed by atoms with E-state index in [9.17, 15) is 14.7 Å². The van der Waals surface area contributed by atoms with Crippen molar-refractivity contribution in [3.8, 4) is 0 Å². The van der Waals surface area contributed by atoms with Crippen molar-refractivity contribution < 1.29 is 19.4 Å². The minimum atomic E-state index is -0.166. The molecule has 0 aliphatic carbocycles. The van der Waals surface area contributed by atoms with Crippen molar-refractivity contribution in [1.82, 2.24) is 24.7 Å². The molecule has 0 spiro atoms. The second-order valence-electron chi connectivity index (χ2n) is 9.33. The average molecular weight is 458 g/mol.